The number of nitrogens with one attached hydrogen (secondary N) is 1. The third-order valence-corrected chi connectivity index (χ3v) is 5.55. The largest absolute Gasteiger partial charge is 0.497 e. The summed E-state index contributed by atoms with van der Waals surface area (Å²) in [6.45, 7) is 0.585. The SMILES string of the molecule is COc1ccc(-c2nc(NCc3ccccc3)nc3nn(-c4ccc(Cl)cc4)c(N)c23)cc1. The van der Waals surface area contributed by atoms with Crippen molar-refractivity contribution < 1.29 is 4.74 Å². The summed E-state index contributed by atoms with van der Waals surface area (Å²) in [6, 6.07) is 25.1. The third kappa shape index (κ3) is 4.18. The van der Waals surface area contributed by atoms with Crippen molar-refractivity contribution in [3.8, 4) is 22.7 Å². The highest BCUT2D eigenvalue weighted by Crippen LogP contribution is 2.33. The van der Waals surface area contributed by atoms with E-state index in [-0.39, 0.29) is 0 Å². The van der Waals surface area contributed by atoms with E-state index >= 15 is 0 Å². The summed E-state index contributed by atoms with van der Waals surface area (Å²) in [6.07, 6.45) is 0. The van der Waals surface area contributed by atoms with E-state index in [1.54, 1.807) is 23.9 Å². The van der Waals surface area contributed by atoms with Crippen LogP contribution in [0.4, 0.5) is 11.8 Å². The molecule has 0 aliphatic heterocycles. The Labute approximate surface area is 195 Å². The first-order valence-electron chi connectivity index (χ1n) is 10.4. The van der Waals surface area contributed by atoms with E-state index in [0.717, 1.165) is 22.6 Å². The van der Waals surface area contributed by atoms with Gasteiger partial charge < -0.3 is 15.8 Å². The Morgan fingerprint density at radius 2 is 1.67 bits per heavy atom. The van der Waals surface area contributed by atoms with Crippen molar-refractivity contribution in [2.75, 3.05) is 18.2 Å². The number of fused-ring (bicyclic) bond motifs is 1. The molecule has 0 saturated carbocycles. The van der Waals surface area contributed by atoms with Crippen LogP contribution in [0.5, 0.6) is 5.75 Å². The summed E-state index contributed by atoms with van der Waals surface area (Å²) in [5, 5.41) is 9.31. The van der Waals surface area contributed by atoms with Crippen LogP contribution in [0.2, 0.25) is 5.02 Å². The van der Waals surface area contributed by atoms with Gasteiger partial charge >= 0.3 is 0 Å². The molecule has 0 saturated heterocycles. The molecule has 0 aliphatic rings. The molecule has 0 bridgehead atoms. The van der Waals surface area contributed by atoms with Gasteiger partial charge in [-0.05, 0) is 54.1 Å². The first-order valence-corrected chi connectivity index (χ1v) is 10.7. The van der Waals surface area contributed by atoms with Crippen molar-refractivity contribution in [1.82, 2.24) is 19.7 Å². The number of methoxy groups -OCH3 is 1. The molecule has 0 fully saturated rings. The average Bonchev–Trinajstić information content (AvgIpc) is 3.19. The fourth-order valence-corrected chi connectivity index (χ4v) is 3.73. The normalized spacial score (nSPS) is 11.0. The molecule has 8 heteroatoms. The lowest BCUT2D eigenvalue weighted by atomic mass is 10.1. The van der Waals surface area contributed by atoms with E-state index in [2.05, 4.69) is 15.4 Å². The van der Waals surface area contributed by atoms with Crippen molar-refractivity contribution in [3.63, 3.8) is 0 Å². The zero-order valence-corrected chi connectivity index (χ0v) is 18.6. The van der Waals surface area contributed by atoms with Crippen molar-refractivity contribution in [2.24, 2.45) is 0 Å². The van der Waals surface area contributed by atoms with Gasteiger partial charge in [-0.3, -0.25) is 0 Å². The molecule has 0 amide bonds. The molecule has 33 heavy (non-hydrogen) atoms. The molecular formula is C25H21ClN6O. The Hall–Kier alpha value is -4.10. The summed E-state index contributed by atoms with van der Waals surface area (Å²) in [4.78, 5) is 9.46. The van der Waals surface area contributed by atoms with E-state index in [9.17, 15) is 0 Å². The third-order valence-electron chi connectivity index (χ3n) is 5.30. The second-order valence-electron chi connectivity index (χ2n) is 7.44. The molecule has 5 aromatic rings. The fourth-order valence-electron chi connectivity index (χ4n) is 3.60. The molecule has 0 spiro atoms. The highest BCUT2D eigenvalue weighted by molar-refractivity contribution is 6.30. The number of hydrogen-bond donors (Lipinski definition) is 2. The molecule has 7 nitrogen and oxygen atoms in total. The number of benzene rings is 3. The maximum absolute atomic E-state index is 6.56. The van der Waals surface area contributed by atoms with Gasteiger partial charge in [-0.1, -0.05) is 41.9 Å². The molecule has 3 N–H and O–H groups in total. The molecule has 0 atom stereocenters. The molecule has 3 aromatic carbocycles. The van der Waals surface area contributed by atoms with E-state index < -0.39 is 0 Å². The number of anilines is 2. The van der Waals surface area contributed by atoms with Crippen LogP contribution in [0.25, 0.3) is 28.0 Å². The highest BCUT2D eigenvalue weighted by atomic mass is 35.5. The van der Waals surface area contributed by atoms with Gasteiger partial charge in [-0.25, -0.2) is 9.67 Å². The van der Waals surface area contributed by atoms with E-state index in [4.69, 9.17) is 27.1 Å². The summed E-state index contributed by atoms with van der Waals surface area (Å²) >= 11 is 6.05. The van der Waals surface area contributed by atoms with Crippen LogP contribution in [0.1, 0.15) is 5.56 Å². The number of ether oxygens (including phenoxy) is 1. The lowest BCUT2D eigenvalue weighted by Gasteiger charge is -2.09. The van der Waals surface area contributed by atoms with Crippen LogP contribution in [-0.2, 0) is 6.54 Å². The molecule has 2 aromatic heterocycles. The number of nitrogen functional groups attached to an aromatic ring is 1. The summed E-state index contributed by atoms with van der Waals surface area (Å²) in [5.41, 5.74) is 10.5. The number of hydrogen-bond acceptors (Lipinski definition) is 6. The van der Waals surface area contributed by atoms with Crippen molar-refractivity contribution >= 4 is 34.4 Å². The quantitative estimate of drug-likeness (QED) is 0.358. The molecular weight excluding hydrogens is 436 g/mol. The van der Waals surface area contributed by atoms with Crippen LogP contribution in [0.15, 0.2) is 78.9 Å². The zero-order chi connectivity index (χ0) is 22.8. The second-order valence-corrected chi connectivity index (χ2v) is 7.87. The lowest BCUT2D eigenvalue weighted by molar-refractivity contribution is 0.415. The summed E-state index contributed by atoms with van der Waals surface area (Å²) in [7, 11) is 1.64. The number of nitrogens with zero attached hydrogens (tertiary/aromatic N) is 4. The second kappa shape index (κ2) is 8.80. The molecule has 0 radical (unpaired) electrons. The topological polar surface area (TPSA) is 90.9 Å². The Morgan fingerprint density at radius 3 is 2.36 bits per heavy atom. The van der Waals surface area contributed by atoms with Crippen LogP contribution < -0.4 is 15.8 Å². The Balaban J connectivity index is 1.63. The number of rotatable bonds is 6. The zero-order valence-electron chi connectivity index (χ0n) is 17.9. The lowest BCUT2D eigenvalue weighted by Crippen LogP contribution is -2.05. The maximum atomic E-state index is 6.56. The smallest absolute Gasteiger partial charge is 0.225 e. The van der Waals surface area contributed by atoms with Gasteiger partial charge in [0.1, 0.15) is 11.6 Å². The molecule has 164 valence electrons. The number of aromatic nitrogens is 4. The van der Waals surface area contributed by atoms with Crippen LogP contribution >= 0.6 is 11.6 Å². The molecule has 0 aliphatic carbocycles. The van der Waals surface area contributed by atoms with Crippen LogP contribution in [0.3, 0.4) is 0 Å². The fraction of sp³-hybridized carbons (Fsp3) is 0.0800. The van der Waals surface area contributed by atoms with E-state index in [1.807, 2.05) is 66.7 Å². The summed E-state index contributed by atoms with van der Waals surface area (Å²) < 4.78 is 6.96. The maximum Gasteiger partial charge on any atom is 0.225 e. The van der Waals surface area contributed by atoms with Gasteiger partial charge in [-0.2, -0.15) is 4.98 Å². The first kappa shape index (κ1) is 20.8. The predicted molar refractivity (Wildman–Crippen MR) is 132 cm³/mol. The van der Waals surface area contributed by atoms with Gasteiger partial charge in [0.15, 0.2) is 5.65 Å². The minimum absolute atomic E-state index is 0.452. The average molecular weight is 457 g/mol. The molecule has 0 unspecified atom stereocenters. The standard InChI is InChI=1S/C25H21ClN6O/c1-33-20-13-7-17(8-14-20)22-21-23(27)32(19-11-9-18(26)10-12-19)31-24(21)30-25(29-22)28-15-16-5-3-2-4-6-16/h2-14H,15,27H2,1H3,(H,28,30,31). The van der Waals surface area contributed by atoms with E-state index in [0.29, 0.717) is 40.1 Å². The Kier molecular flexibility index (Phi) is 5.54. The Bertz CT molecular complexity index is 1400. The van der Waals surface area contributed by atoms with Crippen molar-refractivity contribution in [3.05, 3.63) is 89.4 Å². The highest BCUT2D eigenvalue weighted by Gasteiger charge is 2.19. The number of halogens is 1. The van der Waals surface area contributed by atoms with Crippen LogP contribution in [0, 0.1) is 0 Å². The van der Waals surface area contributed by atoms with Gasteiger partial charge in [0.25, 0.3) is 0 Å². The first-order chi connectivity index (χ1) is 16.1. The molecule has 2 heterocycles. The molecule has 5 rings (SSSR count). The Morgan fingerprint density at radius 1 is 0.939 bits per heavy atom. The van der Waals surface area contributed by atoms with Gasteiger partial charge in [-0.15, -0.1) is 5.10 Å². The monoisotopic (exact) mass is 456 g/mol. The van der Waals surface area contributed by atoms with Crippen molar-refractivity contribution in [2.45, 2.75) is 6.54 Å². The van der Waals surface area contributed by atoms with Crippen LogP contribution in [-0.4, -0.2) is 26.9 Å². The van der Waals surface area contributed by atoms with Gasteiger partial charge in [0.05, 0.1) is 23.9 Å². The van der Waals surface area contributed by atoms with E-state index in [1.165, 1.54) is 0 Å². The van der Waals surface area contributed by atoms with Gasteiger partial charge in [0, 0.05) is 17.1 Å². The summed E-state index contributed by atoms with van der Waals surface area (Å²) in [5.74, 6) is 1.68. The van der Waals surface area contributed by atoms with Gasteiger partial charge in [0.2, 0.25) is 5.95 Å². The number of nitrogens with two attached hydrogens (primary N) is 1. The predicted octanol–water partition coefficient (Wildman–Crippen LogP) is 5.34. The minimum atomic E-state index is 0.452. The van der Waals surface area contributed by atoms with Crippen molar-refractivity contribution in [1.29, 1.82) is 0 Å². The minimum Gasteiger partial charge on any atom is -0.497 e.